The largest absolute Gasteiger partial charge is 0.381 e. The van der Waals surface area contributed by atoms with Crippen LogP contribution in [0.3, 0.4) is 0 Å². The fourth-order valence-electron chi connectivity index (χ4n) is 2.26. The van der Waals surface area contributed by atoms with Crippen molar-refractivity contribution >= 4 is 15.8 Å². The summed E-state index contributed by atoms with van der Waals surface area (Å²) in [6.07, 6.45) is 3.40. The van der Waals surface area contributed by atoms with Crippen molar-refractivity contribution in [2.45, 2.75) is 17.7 Å². The number of hydrogen-bond donors (Lipinski definition) is 1. The van der Waals surface area contributed by atoms with Crippen LogP contribution in [-0.4, -0.2) is 49.3 Å². The third-order valence-corrected chi connectivity index (χ3v) is 5.12. The molecule has 2 N–H and O–H groups in total. The number of sulfonamides is 1. The zero-order valence-corrected chi connectivity index (χ0v) is 12.1. The molecule has 2 rings (SSSR count). The predicted molar refractivity (Wildman–Crippen MR) is 71.0 cm³/mol. The van der Waals surface area contributed by atoms with E-state index < -0.39 is 10.0 Å². The second-order valence-corrected chi connectivity index (χ2v) is 6.93. The van der Waals surface area contributed by atoms with Crippen LogP contribution in [0.25, 0.3) is 0 Å². The number of anilines is 1. The van der Waals surface area contributed by atoms with Gasteiger partial charge in [-0.05, 0) is 18.8 Å². The molecule has 1 fully saturated rings. The summed E-state index contributed by atoms with van der Waals surface area (Å²) in [4.78, 5) is 0.0641. The van der Waals surface area contributed by atoms with E-state index >= 15 is 0 Å². The Kier molecular flexibility index (Phi) is 4.12. The Balaban J connectivity index is 2.12. The van der Waals surface area contributed by atoms with E-state index in [1.165, 1.54) is 15.2 Å². The monoisotopic (exact) mass is 288 g/mol. The van der Waals surface area contributed by atoms with E-state index in [0.29, 0.717) is 13.2 Å². The molecule has 19 heavy (non-hydrogen) atoms. The Bertz CT molecular complexity index is 534. The van der Waals surface area contributed by atoms with Crippen LogP contribution in [0.5, 0.6) is 0 Å². The topological polar surface area (TPSA) is 90.5 Å². The first-order valence-electron chi connectivity index (χ1n) is 6.24. The van der Waals surface area contributed by atoms with E-state index in [9.17, 15) is 8.42 Å². The fourth-order valence-corrected chi connectivity index (χ4v) is 3.60. The Labute approximate surface area is 113 Å². The van der Waals surface area contributed by atoms with Crippen molar-refractivity contribution < 1.29 is 13.2 Å². The molecule has 7 nitrogen and oxygen atoms in total. The molecule has 0 amide bonds. The van der Waals surface area contributed by atoms with E-state index in [1.807, 2.05) is 0 Å². The van der Waals surface area contributed by atoms with Crippen LogP contribution in [0, 0.1) is 5.92 Å². The van der Waals surface area contributed by atoms with Gasteiger partial charge in [0.1, 0.15) is 4.90 Å². The quantitative estimate of drug-likeness (QED) is 0.845. The molecular formula is C11H20N4O3S. The number of nitrogen functional groups attached to an aromatic ring is 1. The third kappa shape index (κ3) is 3.07. The van der Waals surface area contributed by atoms with Gasteiger partial charge in [-0.1, -0.05) is 0 Å². The summed E-state index contributed by atoms with van der Waals surface area (Å²) in [5, 5.41) is 3.87. The minimum atomic E-state index is -3.58. The van der Waals surface area contributed by atoms with Gasteiger partial charge in [0.05, 0.1) is 6.61 Å². The normalized spacial score (nSPS) is 20.9. The molecule has 1 aliphatic heterocycles. The summed E-state index contributed by atoms with van der Waals surface area (Å²) in [5.41, 5.74) is 5.64. The molecule has 8 heteroatoms. The lowest BCUT2D eigenvalue weighted by molar-refractivity contribution is 0.0495. The first-order valence-corrected chi connectivity index (χ1v) is 7.68. The van der Waals surface area contributed by atoms with E-state index in [4.69, 9.17) is 10.5 Å². The second kappa shape index (κ2) is 5.48. The molecule has 108 valence electrons. The standard InChI is InChI=1S/C11H20N4O3S/c1-14-7-10(11(12)13-14)19(16,17)15(2)6-9-4-3-5-18-8-9/h7,9H,3-6,8H2,1-2H3,(H2,12,13). The molecule has 0 spiro atoms. The van der Waals surface area contributed by atoms with Crippen molar-refractivity contribution in [1.82, 2.24) is 14.1 Å². The van der Waals surface area contributed by atoms with E-state index in [2.05, 4.69) is 5.10 Å². The lowest BCUT2D eigenvalue weighted by Gasteiger charge is -2.26. The minimum absolute atomic E-state index is 0.0363. The SMILES string of the molecule is CN(CC1CCCOC1)S(=O)(=O)c1cn(C)nc1N. The minimum Gasteiger partial charge on any atom is -0.381 e. The number of nitrogens with two attached hydrogens (primary N) is 1. The number of ether oxygens (including phenoxy) is 1. The van der Waals surface area contributed by atoms with Gasteiger partial charge in [0.2, 0.25) is 10.0 Å². The Hall–Kier alpha value is -1.12. The van der Waals surface area contributed by atoms with Crippen molar-refractivity contribution in [2.24, 2.45) is 13.0 Å². The molecule has 2 heterocycles. The van der Waals surface area contributed by atoms with Gasteiger partial charge < -0.3 is 10.5 Å². The summed E-state index contributed by atoms with van der Waals surface area (Å²) < 4.78 is 32.9. The Morgan fingerprint density at radius 2 is 2.37 bits per heavy atom. The molecule has 0 saturated carbocycles. The fraction of sp³-hybridized carbons (Fsp3) is 0.727. The Morgan fingerprint density at radius 3 is 2.89 bits per heavy atom. The highest BCUT2D eigenvalue weighted by atomic mass is 32.2. The van der Waals surface area contributed by atoms with Gasteiger partial charge in [0.25, 0.3) is 0 Å². The smallest absolute Gasteiger partial charge is 0.248 e. The van der Waals surface area contributed by atoms with Crippen LogP contribution >= 0.6 is 0 Å². The average Bonchev–Trinajstić information content (AvgIpc) is 2.70. The van der Waals surface area contributed by atoms with Gasteiger partial charge in [-0.3, -0.25) is 4.68 Å². The van der Waals surface area contributed by atoms with Crippen molar-refractivity contribution in [1.29, 1.82) is 0 Å². The Morgan fingerprint density at radius 1 is 1.63 bits per heavy atom. The van der Waals surface area contributed by atoms with Gasteiger partial charge >= 0.3 is 0 Å². The number of nitrogens with zero attached hydrogens (tertiary/aromatic N) is 3. The van der Waals surface area contributed by atoms with Gasteiger partial charge in [0.15, 0.2) is 5.82 Å². The lowest BCUT2D eigenvalue weighted by Crippen LogP contribution is -2.35. The van der Waals surface area contributed by atoms with Gasteiger partial charge in [-0.15, -0.1) is 0 Å². The van der Waals surface area contributed by atoms with E-state index in [0.717, 1.165) is 19.4 Å². The van der Waals surface area contributed by atoms with Gasteiger partial charge in [-0.25, -0.2) is 12.7 Å². The number of rotatable bonds is 4. The van der Waals surface area contributed by atoms with Crippen LogP contribution in [0.1, 0.15) is 12.8 Å². The summed E-state index contributed by atoms with van der Waals surface area (Å²) in [6, 6.07) is 0. The van der Waals surface area contributed by atoms with Gasteiger partial charge in [0, 0.05) is 33.4 Å². The highest BCUT2D eigenvalue weighted by Gasteiger charge is 2.28. The molecule has 0 aromatic carbocycles. The summed E-state index contributed by atoms with van der Waals surface area (Å²) in [6.45, 7) is 1.82. The molecule has 1 aromatic rings. The molecule has 0 radical (unpaired) electrons. The summed E-state index contributed by atoms with van der Waals surface area (Å²) >= 11 is 0. The van der Waals surface area contributed by atoms with Crippen molar-refractivity contribution in [3.05, 3.63) is 6.20 Å². The molecule has 1 saturated heterocycles. The van der Waals surface area contributed by atoms with Crippen LogP contribution in [0.2, 0.25) is 0 Å². The van der Waals surface area contributed by atoms with Crippen LogP contribution < -0.4 is 5.73 Å². The average molecular weight is 288 g/mol. The zero-order chi connectivity index (χ0) is 14.0. The van der Waals surface area contributed by atoms with E-state index in [-0.39, 0.29) is 16.6 Å². The summed E-state index contributed by atoms with van der Waals surface area (Å²) in [5.74, 6) is 0.278. The van der Waals surface area contributed by atoms with Crippen molar-refractivity contribution in [3.8, 4) is 0 Å². The summed E-state index contributed by atoms with van der Waals surface area (Å²) in [7, 11) is -0.370. The van der Waals surface area contributed by atoms with Gasteiger partial charge in [-0.2, -0.15) is 5.10 Å². The van der Waals surface area contributed by atoms with E-state index in [1.54, 1.807) is 14.1 Å². The first kappa shape index (κ1) is 14.3. The third-order valence-electron chi connectivity index (χ3n) is 3.28. The molecular weight excluding hydrogens is 268 g/mol. The van der Waals surface area contributed by atoms with Crippen LogP contribution in [0.4, 0.5) is 5.82 Å². The number of aryl methyl sites for hydroxylation is 1. The van der Waals surface area contributed by atoms with Crippen molar-refractivity contribution in [2.75, 3.05) is 32.5 Å². The maximum atomic E-state index is 12.4. The first-order chi connectivity index (χ1) is 8.91. The lowest BCUT2D eigenvalue weighted by atomic mass is 10.0. The molecule has 1 atom stereocenters. The molecule has 1 unspecified atom stereocenters. The molecule has 1 aliphatic rings. The molecule has 1 aromatic heterocycles. The zero-order valence-electron chi connectivity index (χ0n) is 11.2. The maximum Gasteiger partial charge on any atom is 0.248 e. The number of aromatic nitrogens is 2. The van der Waals surface area contributed by atoms with Crippen LogP contribution in [0.15, 0.2) is 11.1 Å². The highest BCUT2D eigenvalue weighted by molar-refractivity contribution is 7.89. The maximum absolute atomic E-state index is 12.4. The molecule has 0 aliphatic carbocycles. The highest BCUT2D eigenvalue weighted by Crippen LogP contribution is 2.22. The predicted octanol–water partition coefficient (Wildman–Crippen LogP) is 0.0494. The molecule has 0 bridgehead atoms. The number of hydrogen-bond acceptors (Lipinski definition) is 5. The second-order valence-electron chi connectivity index (χ2n) is 4.92. The van der Waals surface area contributed by atoms with Crippen LogP contribution in [-0.2, 0) is 21.8 Å². The van der Waals surface area contributed by atoms with Crippen molar-refractivity contribution in [3.63, 3.8) is 0 Å².